The first kappa shape index (κ1) is 33.9. The van der Waals surface area contributed by atoms with Crippen molar-refractivity contribution in [1.82, 2.24) is 14.7 Å². The van der Waals surface area contributed by atoms with Crippen molar-refractivity contribution in [2.75, 3.05) is 20.1 Å². The van der Waals surface area contributed by atoms with E-state index in [1.807, 2.05) is 31.2 Å². The molecule has 0 N–H and O–H groups in total. The lowest BCUT2D eigenvalue weighted by Gasteiger charge is -2.47. The van der Waals surface area contributed by atoms with Crippen LogP contribution in [0.2, 0.25) is 0 Å². The Morgan fingerprint density at radius 3 is 2.07 bits per heavy atom. The number of nitrogens with zero attached hydrogens (tertiary/aromatic N) is 3. The summed E-state index contributed by atoms with van der Waals surface area (Å²) >= 11 is 0. The van der Waals surface area contributed by atoms with Gasteiger partial charge >= 0.3 is 18.4 Å². The smallest absolute Gasteiger partial charge is 0.335 e. The SMILES string of the molecule is C=CCC(c1cc(C(F)(F)F)cc(C(F)(F)F)c1)N(C)C(=O)N1CCN2C(=O)C(CC=C)(CC=C)CC2C1c1ccccc1C. The number of urea groups is 1. The van der Waals surface area contributed by atoms with Gasteiger partial charge in [-0.3, -0.25) is 4.79 Å². The van der Waals surface area contributed by atoms with Gasteiger partial charge in [-0.05, 0) is 67.5 Å². The van der Waals surface area contributed by atoms with E-state index in [0.29, 0.717) is 31.4 Å². The van der Waals surface area contributed by atoms with E-state index in [1.54, 1.807) is 22.0 Å². The Hall–Kier alpha value is -4.02. The van der Waals surface area contributed by atoms with Crippen molar-refractivity contribution < 1.29 is 35.9 Å². The van der Waals surface area contributed by atoms with Crippen LogP contribution in [0.1, 0.15) is 65.6 Å². The van der Waals surface area contributed by atoms with E-state index >= 15 is 0 Å². The van der Waals surface area contributed by atoms with Crippen molar-refractivity contribution in [3.8, 4) is 0 Å². The number of rotatable bonds is 9. The number of amides is 3. The van der Waals surface area contributed by atoms with E-state index in [-0.39, 0.29) is 37.0 Å². The second-order valence-electron chi connectivity index (χ2n) is 11.8. The quantitative estimate of drug-likeness (QED) is 0.205. The van der Waals surface area contributed by atoms with Crippen LogP contribution in [0.15, 0.2) is 80.4 Å². The van der Waals surface area contributed by atoms with Gasteiger partial charge in [-0.2, -0.15) is 26.3 Å². The maximum atomic E-state index is 14.4. The minimum atomic E-state index is -5.04. The molecule has 0 saturated carbocycles. The number of alkyl halides is 6. The number of carbonyl (C=O) groups excluding carboxylic acids is 2. The average Bonchev–Trinajstić information content (AvgIpc) is 3.25. The number of benzene rings is 2. The highest BCUT2D eigenvalue weighted by molar-refractivity contribution is 5.87. The summed E-state index contributed by atoms with van der Waals surface area (Å²) in [6.07, 6.45) is -4.19. The lowest BCUT2D eigenvalue weighted by atomic mass is 9.76. The Morgan fingerprint density at radius 2 is 1.56 bits per heavy atom. The Balaban J connectivity index is 1.80. The summed E-state index contributed by atoms with van der Waals surface area (Å²) in [5.74, 6) is -0.0560. The summed E-state index contributed by atoms with van der Waals surface area (Å²) < 4.78 is 82.3. The molecule has 2 aromatic carbocycles. The van der Waals surface area contributed by atoms with Crippen LogP contribution in [0.5, 0.6) is 0 Å². The Kier molecular flexibility index (Phi) is 9.61. The van der Waals surface area contributed by atoms with Crippen molar-refractivity contribution in [3.63, 3.8) is 0 Å². The maximum Gasteiger partial charge on any atom is 0.416 e. The molecule has 3 unspecified atom stereocenters. The highest BCUT2D eigenvalue weighted by Crippen LogP contribution is 2.50. The van der Waals surface area contributed by atoms with Gasteiger partial charge in [0.1, 0.15) is 0 Å². The Bertz CT molecular complexity index is 1420. The summed E-state index contributed by atoms with van der Waals surface area (Å²) in [5.41, 5.74) is -2.34. The molecule has 0 aliphatic carbocycles. The Morgan fingerprint density at radius 1 is 0.978 bits per heavy atom. The third-order valence-corrected chi connectivity index (χ3v) is 8.97. The van der Waals surface area contributed by atoms with Crippen LogP contribution in [0, 0.1) is 12.3 Å². The zero-order valence-electron chi connectivity index (χ0n) is 25.3. The predicted molar refractivity (Wildman–Crippen MR) is 160 cm³/mol. The van der Waals surface area contributed by atoms with Crippen LogP contribution in [0.4, 0.5) is 31.1 Å². The highest BCUT2D eigenvalue weighted by atomic mass is 19.4. The number of piperazine rings is 1. The number of allylic oxidation sites excluding steroid dienone is 2. The fraction of sp³-hybridized carbons (Fsp3) is 0.412. The van der Waals surface area contributed by atoms with Crippen molar-refractivity contribution >= 4 is 11.9 Å². The zero-order valence-corrected chi connectivity index (χ0v) is 25.3. The average molecular weight is 634 g/mol. The lowest BCUT2D eigenvalue weighted by molar-refractivity contribution is -0.143. The van der Waals surface area contributed by atoms with Crippen LogP contribution in [0.25, 0.3) is 0 Å². The van der Waals surface area contributed by atoms with E-state index in [2.05, 4.69) is 19.7 Å². The van der Waals surface area contributed by atoms with E-state index < -0.39 is 53.1 Å². The molecule has 242 valence electrons. The standard InChI is InChI=1S/C34H37F6N3O2/c1-6-11-27(23-18-24(33(35,36)37)20-25(19-23)34(38,39)40)41(5)31(45)43-17-16-42-28(29(43)26-13-10-9-12-22(26)4)21-32(14-7-2,15-8-3)30(42)44/h6-10,12-13,18-20,27-29H,1-3,11,14-17,21H2,4-5H3. The van der Waals surface area contributed by atoms with Crippen LogP contribution < -0.4 is 0 Å². The summed E-state index contributed by atoms with van der Waals surface area (Å²) in [6.45, 7) is 13.5. The van der Waals surface area contributed by atoms with Gasteiger partial charge in [0.25, 0.3) is 0 Å². The topological polar surface area (TPSA) is 43.9 Å². The van der Waals surface area contributed by atoms with Gasteiger partial charge in [0.15, 0.2) is 0 Å². The van der Waals surface area contributed by atoms with Gasteiger partial charge in [-0.25, -0.2) is 4.79 Å². The first-order chi connectivity index (χ1) is 21.1. The van der Waals surface area contributed by atoms with Crippen LogP contribution in [-0.2, 0) is 17.1 Å². The molecule has 2 fully saturated rings. The van der Waals surface area contributed by atoms with E-state index in [9.17, 15) is 35.9 Å². The molecule has 3 amide bonds. The fourth-order valence-corrected chi connectivity index (χ4v) is 6.83. The summed E-state index contributed by atoms with van der Waals surface area (Å²) in [7, 11) is 1.37. The van der Waals surface area contributed by atoms with Crippen LogP contribution in [0.3, 0.4) is 0 Å². The molecule has 5 nitrogen and oxygen atoms in total. The molecule has 0 spiro atoms. The number of hydrogen-bond donors (Lipinski definition) is 0. The number of fused-ring (bicyclic) bond motifs is 1. The van der Waals surface area contributed by atoms with E-state index in [0.717, 1.165) is 11.1 Å². The monoisotopic (exact) mass is 633 g/mol. The second-order valence-corrected chi connectivity index (χ2v) is 11.8. The third kappa shape index (κ3) is 6.53. The first-order valence-corrected chi connectivity index (χ1v) is 14.6. The summed E-state index contributed by atoms with van der Waals surface area (Å²) in [5, 5.41) is 0. The van der Waals surface area contributed by atoms with Gasteiger partial charge in [-0.1, -0.05) is 42.5 Å². The third-order valence-electron chi connectivity index (χ3n) is 8.97. The van der Waals surface area contributed by atoms with Crippen molar-refractivity contribution in [3.05, 3.63) is 108 Å². The number of hydrogen-bond acceptors (Lipinski definition) is 2. The largest absolute Gasteiger partial charge is 0.416 e. The molecular weight excluding hydrogens is 596 g/mol. The molecule has 0 aromatic heterocycles. The predicted octanol–water partition coefficient (Wildman–Crippen LogP) is 8.50. The van der Waals surface area contributed by atoms with Gasteiger partial charge < -0.3 is 14.7 Å². The lowest BCUT2D eigenvalue weighted by Crippen LogP contribution is -2.57. The summed E-state index contributed by atoms with van der Waals surface area (Å²) in [4.78, 5) is 32.8. The van der Waals surface area contributed by atoms with Crippen LogP contribution >= 0.6 is 0 Å². The van der Waals surface area contributed by atoms with Gasteiger partial charge in [0.05, 0.1) is 34.7 Å². The van der Waals surface area contributed by atoms with Crippen molar-refractivity contribution in [1.29, 1.82) is 0 Å². The Labute approximate surface area is 259 Å². The minimum absolute atomic E-state index is 0.0560. The zero-order chi connectivity index (χ0) is 33.3. The first-order valence-electron chi connectivity index (χ1n) is 14.6. The number of aryl methyl sites for hydroxylation is 1. The summed E-state index contributed by atoms with van der Waals surface area (Å²) in [6, 6.07) is 6.00. The molecule has 4 rings (SSSR count). The molecule has 2 heterocycles. The molecule has 3 atom stereocenters. The van der Waals surface area contributed by atoms with Gasteiger partial charge in [-0.15, -0.1) is 19.7 Å². The molecule has 0 radical (unpaired) electrons. The maximum absolute atomic E-state index is 14.4. The molecule has 2 aromatic rings. The molecule has 2 saturated heterocycles. The molecule has 2 aliphatic heterocycles. The highest BCUT2D eigenvalue weighted by Gasteiger charge is 2.56. The van der Waals surface area contributed by atoms with E-state index in [1.165, 1.54) is 18.0 Å². The number of carbonyl (C=O) groups is 2. The van der Waals surface area contributed by atoms with Gasteiger partial charge in [0, 0.05) is 20.1 Å². The van der Waals surface area contributed by atoms with Crippen LogP contribution in [-0.4, -0.2) is 52.8 Å². The molecule has 0 bridgehead atoms. The van der Waals surface area contributed by atoms with Gasteiger partial charge in [0.2, 0.25) is 5.91 Å². The van der Waals surface area contributed by atoms with Crippen molar-refractivity contribution in [2.45, 2.75) is 63.1 Å². The molecule has 45 heavy (non-hydrogen) atoms. The fourth-order valence-electron chi connectivity index (χ4n) is 6.83. The molecular formula is C34H37F6N3O2. The number of halogens is 6. The second kappa shape index (κ2) is 12.8. The molecule has 2 aliphatic rings. The van der Waals surface area contributed by atoms with E-state index in [4.69, 9.17) is 0 Å². The van der Waals surface area contributed by atoms with Crippen molar-refractivity contribution in [2.24, 2.45) is 5.41 Å². The minimum Gasteiger partial charge on any atom is -0.335 e. The normalized spacial score (nSPS) is 20.4. The molecule has 11 heteroatoms.